The van der Waals surface area contributed by atoms with Crippen LogP contribution in [0.5, 0.6) is 23.5 Å². The first kappa shape index (κ1) is 14.4. The Morgan fingerprint density at radius 2 is 1.30 bits per heavy atom. The Kier molecular flexibility index (Phi) is 3.79. The Balaban J connectivity index is 1.82. The first-order valence-corrected chi connectivity index (χ1v) is 6.64. The molecule has 5 N–H and O–H groups in total. The molecule has 0 spiro atoms. The number of hydrogen-bond donors (Lipinski definition) is 3. The number of anilines is 2. The van der Waals surface area contributed by atoms with E-state index in [1.807, 2.05) is 0 Å². The molecule has 0 radical (unpaired) electrons. The molecule has 116 valence electrons. The third-order valence-electron chi connectivity index (χ3n) is 2.79. The van der Waals surface area contributed by atoms with Crippen molar-refractivity contribution in [2.24, 2.45) is 0 Å². The average Bonchev–Trinajstić information content (AvgIpc) is 2.51. The lowest BCUT2D eigenvalue weighted by atomic mass is 10.3. The monoisotopic (exact) mass is 311 g/mol. The molecule has 0 fully saturated rings. The van der Waals surface area contributed by atoms with E-state index in [2.05, 4.69) is 15.0 Å². The summed E-state index contributed by atoms with van der Waals surface area (Å²) >= 11 is 0. The maximum Gasteiger partial charge on any atom is 0.353 e. The predicted molar refractivity (Wildman–Crippen MR) is 84.5 cm³/mol. The van der Waals surface area contributed by atoms with Crippen LogP contribution in [0.25, 0.3) is 0 Å². The van der Waals surface area contributed by atoms with Crippen molar-refractivity contribution in [3.63, 3.8) is 0 Å². The van der Waals surface area contributed by atoms with Crippen LogP contribution >= 0.6 is 0 Å². The highest BCUT2D eigenvalue weighted by Crippen LogP contribution is 2.21. The lowest BCUT2D eigenvalue weighted by molar-refractivity contribution is 0.393. The molecule has 0 aliphatic heterocycles. The van der Waals surface area contributed by atoms with Crippen molar-refractivity contribution in [2.45, 2.75) is 0 Å². The number of nitrogens with two attached hydrogens (primary N) is 2. The smallest absolute Gasteiger partial charge is 0.353 e. The summed E-state index contributed by atoms with van der Waals surface area (Å²) in [5.74, 6) is 0.912. The number of aromatic amines is 1. The molecule has 0 atom stereocenters. The van der Waals surface area contributed by atoms with Gasteiger partial charge in [-0.05, 0) is 48.5 Å². The standard InChI is InChI=1S/C15H13N5O3/c16-9-1-5-11(6-2-9)22-14-18-13(21)19-15(20-14)23-12-7-3-10(17)4-8-12/h1-8H,16-17H2,(H,18,19,20,21). The van der Waals surface area contributed by atoms with Gasteiger partial charge in [0.25, 0.3) is 0 Å². The van der Waals surface area contributed by atoms with Crippen molar-refractivity contribution in [1.29, 1.82) is 0 Å². The highest BCUT2D eigenvalue weighted by molar-refractivity contribution is 5.43. The molecule has 0 aliphatic rings. The summed E-state index contributed by atoms with van der Waals surface area (Å²) < 4.78 is 10.9. The second-order valence-corrected chi connectivity index (χ2v) is 4.58. The van der Waals surface area contributed by atoms with E-state index in [1.54, 1.807) is 48.5 Å². The van der Waals surface area contributed by atoms with E-state index in [0.717, 1.165) is 0 Å². The Morgan fingerprint density at radius 1 is 0.783 bits per heavy atom. The lowest BCUT2D eigenvalue weighted by Gasteiger charge is -2.07. The largest absolute Gasteiger partial charge is 0.425 e. The highest BCUT2D eigenvalue weighted by Gasteiger charge is 2.07. The first-order valence-electron chi connectivity index (χ1n) is 6.64. The maximum atomic E-state index is 11.6. The molecule has 0 unspecified atom stereocenters. The van der Waals surface area contributed by atoms with Crippen LogP contribution in [-0.4, -0.2) is 15.0 Å². The SMILES string of the molecule is Nc1ccc(Oc2nc(Oc3ccc(N)cc3)[nH]c(=O)n2)cc1. The third kappa shape index (κ3) is 3.76. The number of hydrogen-bond acceptors (Lipinski definition) is 7. The molecule has 3 aromatic rings. The Hall–Kier alpha value is -3.55. The Morgan fingerprint density at radius 3 is 1.87 bits per heavy atom. The fourth-order valence-corrected chi connectivity index (χ4v) is 1.73. The van der Waals surface area contributed by atoms with E-state index in [0.29, 0.717) is 22.9 Å². The zero-order chi connectivity index (χ0) is 16.2. The Labute approximate surface area is 130 Å². The van der Waals surface area contributed by atoms with Crippen LogP contribution in [0.3, 0.4) is 0 Å². The fourth-order valence-electron chi connectivity index (χ4n) is 1.73. The second kappa shape index (κ2) is 6.06. The van der Waals surface area contributed by atoms with Crippen molar-refractivity contribution in [1.82, 2.24) is 15.0 Å². The van der Waals surface area contributed by atoms with Crippen molar-refractivity contribution in [3.05, 3.63) is 59.0 Å². The summed E-state index contributed by atoms with van der Waals surface area (Å²) in [5, 5.41) is 0. The van der Waals surface area contributed by atoms with Crippen LogP contribution in [0, 0.1) is 0 Å². The molecular formula is C15H13N5O3. The highest BCUT2D eigenvalue weighted by atomic mass is 16.5. The normalized spacial score (nSPS) is 10.3. The molecular weight excluding hydrogens is 298 g/mol. The van der Waals surface area contributed by atoms with Gasteiger partial charge < -0.3 is 20.9 Å². The summed E-state index contributed by atoms with van der Waals surface area (Å²) in [6.45, 7) is 0. The number of rotatable bonds is 4. The van der Waals surface area contributed by atoms with Crippen LogP contribution in [0.2, 0.25) is 0 Å². The number of ether oxygens (including phenoxy) is 2. The summed E-state index contributed by atoms with van der Waals surface area (Å²) in [6.07, 6.45) is 0. The number of nitrogen functional groups attached to an aromatic ring is 2. The van der Waals surface area contributed by atoms with E-state index in [1.165, 1.54) is 0 Å². The summed E-state index contributed by atoms with van der Waals surface area (Å²) in [5.41, 5.74) is 11.7. The molecule has 2 aromatic carbocycles. The van der Waals surface area contributed by atoms with Gasteiger partial charge in [-0.1, -0.05) is 0 Å². The number of benzene rings is 2. The Bertz CT molecular complexity index is 791. The van der Waals surface area contributed by atoms with E-state index >= 15 is 0 Å². The summed E-state index contributed by atoms with van der Waals surface area (Å²) in [7, 11) is 0. The minimum atomic E-state index is -0.643. The fraction of sp³-hybridized carbons (Fsp3) is 0. The molecule has 0 amide bonds. The molecule has 8 nitrogen and oxygen atoms in total. The van der Waals surface area contributed by atoms with Gasteiger partial charge in [-0.15, -0.1) is 9.97 Å². The van der Waals surface area contributed by atoms with Gasteiger partial charge in [0.1, 0.15) is 11.5 Å². The number of H-pyrrole nitrogens is 1. The average molecular weight is 311 g/mol. The van der Waals surface area contributed by atoms with Gasteiger partial charge in [-0.2, -0.15) is 0 Å². The molecule has 8 heteroatoms. The first-order chi connectivity index (χ1) is 11.1. The number of nitrogens with zero attached hydrogens (tertiary/aromatic N) is 2. The van der Waals surface area contributed by atoms with Crippen LogP contribution in [-0.2, 0) is 0 Å². The molecule has 0 bridgehead atoms. The van der Waals surface area contributed by atoms with E-state index < -0.39 is 5.69 Å². The zero-order valence-corrected chi connectivity index (χ0v) is 11.9. The van der Waals surface area contributed by atoms with Gasteiger partial charge in [-0.25, -0.2) is 4.79 Å². The molecule has 1 aromatic heterocycles. The minimum absolute atomic E-state index is 0.0415. The van der Waals surface area contributed by atoms with Gasteiger partial charge in [0.2, 0.25) is 0 Å². The second-order valence-electron chi connectivity index (χ2n) is 4.58. The van der Waals surface area contributed by atoms with Crippen molar-refractivity contribution in [2.75, 3.05) is 11.5 Å². The maximum absolute atomic E-state index is 11.6. The molecule has 3 rings (SSSR count). The topological polar surface area (TPSA) is 129 Å². The van der Waals surface area contributed by atoms with Gasteiger partial charge in [-0.3, -0.25) is 4.98 Å². The third-order valence-corrected chi connectivity index (χ3v) is 2.79. The quantitative estimate of drug-likeness (QED) is 0.627. The van der Waals surface area contributed by atoms with Crippen LogP contribution < -0.4 is 26.6 Å². The van der Waals surface area contributed by atoms with E-state index in [4.69, 9.17) is 20.9 Å². The van der Waals surface area contributed by atoms with Crippen LogP contribution in [0.15, 0.2) is 53.3 Å². The predicted octanol–water partition coefficient (Wildman–Crippen LogP) is 1.91. The van der Waals surface area contributed by atoms with Gasteiger partial charge in [0.05, 0.1) is 0 Å². The van der Waals surface area contributed by atoms with Gasteiger partial charge in [0, 0.05) is 11.4 Å². The van der Waals surface area contributed by atoms with Gasteiger partial charge >= 0.3 is 17.7 Å². The number of aromatic nitrogens is 3. The summed E-state index contributed by atoms with van der Waals surface area (Å²) in [4.78, 5) is 21.6. The number of nitrogens with one attached hydrogen (secondary N) is 1. The molecule has 23 heavy (non-hydrogen) atoms. The van der Waals surface area contributed by atoms with E-state index in [-0.39, 0.29) is 12.0 Å². The molecule has 0 saturated carbocycles. The van der Waals surface area contributed by atoms with E-state index in [9.17, 15) is 4.79 Å². The molecule has 0 saturated heterocycles. The van der Waals surface area contributed by atoms with Crippen molar-refractivity contribution >= 4 is 11.4 Å². The van der Waals surface area contributed by atoms with Gasteiger partial charge in [0.15, 0.2) is 0 Å². The minimum Gasteiger partial charge on any atom is -0.425 e. The molecule has 1 heterocycles. The summed E-state index contributed by atoms with van der Waals surface area (Å²) in [6, 6.07) is 13.1. The van der Waals surface area contributed by atoms with Crippen LogP contribution in [0.4, 0.5) is 11.4 Å². The zero-order valence-electron chi connectivity index (χ0n) is 11.9. The lowest BCUT2D eigenvalue weighted by Crippen LogP contribution is -2.13. The molecule has 0 aliphatic carbocycles. The van der Waals surface area contributed by atoms with Crippen molar-refractivity contribution < 1.29 is 9.47 Å². The van der Waals surface area contributed by atoms with Crippen molar-refractivity contribution in [3.8, 4) is 23.5 Å². The van der Waals surface area contributed by atoms with Crippen LogP contribution in [0.1, 0.15) is 0 Å².